The van der Waals surface area contributed by atoms with E-state index in [2.05, 4.69) is 32.9 Å². The summed E-state index contributed by atoms with van der Waals surface area (Å²) in [5.74, 6) is 0.0134. The van der Waals surface area contributed by atoms with E-state index >= 15 is 0 Å². The maximum Gasteiger partial charge on any atom is 0.263 e. The normalized spacial score (nSPS) is 10.4. The lowest BCUT2D eigenvalue weighted by Gasteiger charge is -2.02. The Balaban J connectivity index is 2.11. The number of amides is 1. The van der Waals surface area contributed by atoms with Crippen LogP contribution < -0.4 is 5.32 Å². The highest BCUT2D eigenvalue weighted by Gasteiger charge is 2.07. The monoisotopic (exact) mass is 352 g/mol. The van der Waals surface area contributed by atoms with Gasteiger partial charge in [-0.1, -0.05) is 35.4 Å². The van der Waals surface area contributed by atoms with Crippen LogP contribution in [0.15, 0.2) is 6.20 Å². The van der Waals surface area contributed by atoms with Gasteiger partial charge < -0.3 is 5.32 Å². The topological polar surface area (TPSA) is 42.0 Å². The van der Waals surface area contributed by atoms with E-state index in [0.29, 0.717) is 4.88 Å². The van der Waals surface area contributed by atoms with Crippen molar-refractivity contribution in [3.63, 3.8) is 0 Å². The molecule has 0 radical (unpaired) electrons. The lowest BCUT2D eigenvalue weighted by atomic mass is 10.2. The number of alkyl halides is 1. The first-order valence-electron chi connectivity index (χ1n) is 5.50. The molecule has 3 nitrogen and oxygen atoms in total. The van der Waals surface area contributed by atoms with Gasteiger partial charge in [-0.2, -0.15) is 0 Å². The number of unbranched alkanes of at least 4 members (excludes halogenated alkanes) is 3. The summed E-state index contributed by atoms with van der Waals surface area (Å²) in [7, 11) is 0. The van der Waals surface area contributed by atoms with Gasteiger partial charge in [0.15, 0.2) is 0 Å². The Kier molecular flexibility index (Phi) is 6.95. The van der Waals surface area contributed by atoms with E-state index in [1.54, 1.807) is 6.20 Å². The lowest BCUT2D eigenvalue weighted by molar-refractivity contribution is 0.0957. The number of carbonyl (C=O) groups excluding carboxylic acids is 1. The molecule has 90 valence electrons. The first-order chi connectivity index (χ1) is 7.74. The highest BCUT2D eigenvalue weighted by molar-refractivity contribution is 14.1. The SMILES string of the molecule is Cc1ncc(C(=O)NCCCCCCI)s1. The zero-order valence-electron chi connectivity index (χ0n) is 9.46. The van der Waals surface area contributed by atoms with Crippen molar-refractivity contribution in [1.29, 1.82) is 0 Å². The van der Waals surface area contributed by atoms with Crippen molar-refractivity contribution < 1.29 is 4.79 Å². The van der Waals surface area contributed by atoms with Crippen LogP contribution in [0, 0.1) is 6.92 Å². The summed E-state index contributed by atoms with van der Waals surface area (Å²) in [4.78, 5) is 16.4. The zero-order valence-corrected chi connectivity index (χ0v) is 12.4. The van der Waals surface area contributed by atoms with Gasteiger partial charge in [0.05, 0.1) is 11.2 Å². The highest BCUT2D eigenvalue weighted by atomic mass is 127. The third-order valence-electron chi connectivity index (χ3n) is 2.19. The van der Waals surface area contributed by atoms with Gasteiger partial charge in [-0.3, -0.25) is 4.79 Å². The molecule has 0 atom stereocenters. The van der Waals surface area contributed by atoms with Gasteiger partial charge in [-0.05, 0) is 24.2 Å². The van der Waals surface area contributed by atoms with Gasteiger partial charge in [0.25, 0.3) is 5.91 Å². The first kappa shape index (κ1) is 13.9. The predicted molar refractivity (Wildman–Crippen MR) is 76.5 cm³/mol. The van der Waals surface area contributed by atoms with Gasteiger partial charge in [0, 0.05) is 6.54 Å². The molecule has 0 saturated carbocycles. The second-order valence-corrected chi connectivity index (χ2v) is 5.92. The maximum absolute atomic E-state index is 11.6. The van der Waals surface area contributed by atoms with E-state index in [1.807, 2.05) is 6.92 Å². The van der Waals surface area contributed by atoms with Crippen LogP contribution in [0.2, 0.25) is 0 Å². The Morgan fingerprint density at radius 3 is 2.81 bits per heavy atom. The second-order valence-electron chi connectivity index (χ2n) is 3.60. The third kappa shape index (κ3) is 5.25. The average molecular weight is 352 g/mol. The molecule has 1 amide bonds. The summed E-state index contributed by atoms with van der Waals surface area (Å²) in [5, 5.41) is 3.86. The molecule has 1 N–H and O–H groups in total. The molecule has 0 fully saturated rings. The minimum atomic E-state index is 0.0134. The fourth-order valence-corrected chi connectivity index (χ4v) is 2.56. The standard InChI is InChI=1S/C11H17IN2OS/c1-9-14-8-10(16-9)11(15)13-7-5-3-2-4-6-12/h8H,2-7H2,1H3,(H,13,15). The maximum atomic E-state index is 11.6. The molecule has 1 rings (SSSR count). The van der Waals surface area contributed by atoms with Crippen molar-refractivity contribution in [3.8, 4) is 0 Å². The second kappa shape index (κ2) is 8.00. The first-order valence-corrected chi connectivity index (χ1v) is 7.85. The zero-order chi connectivity index (χ0) is 11.8. The van der Waals surface area contributed by atoms with Crippen molar-refractivity contribution in [1.82, 2.24) is 10.3 Å². The van der Waals surface area contributed by atoms with Gasteiger partial charge in [-0.25, -0.2) is 4.98 Å². The predicted octanol–water partition coefficient (Wildman–Crippen LogP) is 3.18. The van der Waals surface area contributed by atoms with Crippen LogP contribution in [0.5, 0.6) is 0 Å². The molecular formula is C11H17IN2OS. The summed E-state index contributed by atoms with van der Waals surface area (Å²) < 4.78 is 1.23. The van der Waals surface area contributed by atoms with Crippen LogP contribution >= 0.6 is 33.9 Å². The Bertz CT molecular complexity index is 328. The van der Waals surface area contributed by atoms with Crippen molar-refractivity contribution >= 4 is 39.8 Å². The van der Waals surface area contributed by atoms with Crippen LogP contribution in [0.4, 0.5) is 0 Å². The third-order valence-corrected chi connectivity index (χ3v) is 3.87. The molecular weight excluding hydrogens is 335 g/mol. The summed E-state index contributed by atoms with van der Waals surface area (Å²) in [6.07, 6.45) is 6.46. The number of hydrogen-bond donors (Lipinski definition) is 1. The Morgan fingerprint density at radius 1 is 1.44 bits per heavy atom. The van der Waals surface area contributed by atoms with Crippen LogP contribution in [0.25, 0.3) is 0 Å². The number of aryl methyl sites for hydroxylation is 1. The molecule has 0 aliphatic carbocycles. The number of halogens is 1. The molecule has 0 aliphatic heterocycles. The number of carbonyl (C=O) groups is 1. The molecule has 0 spiro atoms. The Labute approximate surface area is 114 Å². The molecule has 0 bridgehead atoms. The number of hydrogen-bond acceptors (Lipinski definition) is 3. The average Bonchev–Trinajstić information content (AvgIpc) is 2.70. The number of aromatic nitrogens is 1. The molecule has 0 aromatic carbocycles. The fourth-order valence-electron chi connectivity index (χ4n) is 1.33. The molecule has 1 heterocycles. The molecule has 0 unspecified atom stereocenters. The fraction of sp³-hybridized carbons (Fsp3) is 0.636. The van der Waals surface area contributed by atoms with Crippen molar-refractivity contribution in [2.75, 3.05) is 11.0 Å². The molecule has 1 aromatic heterocycles. The van der Waals surface area contributed by atoms with Gasteiger partial charge in [-0.15, -0.1) is 11.3 Å². The van der Waals surface area contributed by atoms with Gasteiger partial charge >= 0.3 is 0 Å². The molecule has 5 heteroatoms. The number of nitrogens with one attached hydrogen (secondary N) is 1. The molecule has 0 saturated heterocycles. The lowest BCUT2D eigenvalue weighted by Crippen LogP contribution is -2.23. The largest absolute Gasteiger partial charge is 0.351 e. The number of rotatable bonds is 7. The van der Waals surface area contributed by atoms with Crippen molar-refractivity contribution in [2.24, 2.45) is 0 Å². The van der Waals surface area contributed by atoms with E-state index in [0.717, 1.165) is 18.0 Å². The Hall–Kier alpha value is -0.170. The van der Waals surface area contributed by atoms with Gasteiger partial charge in [0.1, 0.15) is 4.88 Å². The highest BCUT2D eigenvalue weighted by Crippen LogP contribution is 2.11. The van der Waals surface area contributed by atoms with Crippen LogP contribution in [-0.4, -0.2) is 21.9 Å². The van der Waals surface area contributed by atoms with Crippen molar-refractivity contribution in [3.05, 3.63) is 16.1 Å². The van der Waals surface area contributed by atoms with Crippen molar-refractivity contribution in [2.45, 2.75) is 32.6 Å². The van der Waals surface area contributed by atoms with E-state index in [1.165, 1.54) is 35.0 Å². The summed E-state index contributed by atoms with van der Waals surface area (Å²) in [6.45, 7) is 2.68. The van der Waals surface area contributed by atoms with Crippen LogP contribution in [0.1, 0.15) is 40.4 Å². The smallest absolute Gasteiger partial charge is 0.263 e. The quantitative estimate of drug-likeness (QED) is 0.465. The summed E-state index contributed by atoms with van der Waals surface area (Å²) >= 11 is 3.84. The summed E-state index contributed by atoms with van der Waals surface area (Å²) in [5.41, 5.74) is 0. The number of thiazole rings is 1. The van der Waals surface area contributed by atoms with E-state index in [9.17, 15) is 4.79 Å². The van der Waals surface area contributed by atoms with E-state index in [4.69, 9.17) is 0 Å². The van der Waals surface area contributed by atoms with Crippen LogP contribution in [0.3, 0.4) is 0 Å². The van der Waals surface area contributed by atoms with Crippen LogP contribution in [-0.2, 0) is 0 Å². The number of nitrogens with zero attached hydrogens (tertiary/aromatic N) is 1. The minimum absolute atomic E-state index is 0.0134. The molecule has 16 heavy (non-hydrogen) atoms. The minimum Gasteiger partial charge on any atom is -0.351 e. The van der Waals surface area contributed by atoms with Gasteiger partial charge in [0.2, 0.25) is 0 Å². The van der Waals surface area contributed by atoms with E-state index < -0.39 is 0 Å². The molecule has 1 aromatic rings. The summed E-state index contributed by atoms with van der Waals surface area (Å²) in [6, 6.07) is 0. The Morgan fingerprint density at radius 2 is 2.19 bits per heavy atom. The van der Waals surface area contributed by atoms with E-state index in [-0.39, 0.29) is 5.91 Å². The molecule has 0 aliphatic rings.